The number of aliphatic hydroxyl groups is 1. The lowest BCUT2D eigenvalue weighted by Gasteiger charge is -2.11. The summed E-state index contributed by atoms with van der Waals surface area (Å²) < 4.78 is 5.23. The van der Waals surface area contributed by atoms with Crippen LogP contribution in [-0.2, 0) is 6.42 Å². The van der Waals surface area contributed by atoms with Crippen LogP contribution >= 0.6 is 0 Å². The number of rotatable bonds is 3. The molecule has 0 saturated carbocycles. The van der Waals surface area contributed by atoms with Gasteiger partial charge >= 0.3 is 0 Å². The fourth-order valence-corrected chi connectivity index (χ4v) is 1.94. The van der Waals surface area contributed by atoms with Gasteiger partial charge in [0, 0.05) is 6.42 Å². The van der Waals surface area contributed by atoms with E-state index in [-0.39, 0.29) is 0 Å². The predicted octanol–water partition coefficient (Wildman–Crippen LogP) is 3.17. The lowest BCUT2D eigenvalue weighted by Crippen LogP contribution is -2.01. The lowest BCUT2D eigenvalue weighted by molar-refractivity contribution is 0.170. The first-order chi connectivity index (χ1) is 7.65. The van der Waals surface area contributed by atoms with E-state index in [1.807, 2.05) is 38.1 Å². The molecular weight excluding hydrogens is 200 g/mol. The van der Waals surface area contributed by atoms with Gasteiger partial charge in [-0.15, -0.1) is 0 Å². The van der Waals surface area contributed by atoms with E-state index in [1.54, 1.807) is 6.26 Å². The standard InChI is InChI=1S/C14H16O2/c1-10-6-11(2)8-12(7-10)14(15)9-13-4-3-5-16-13/h3-8,14-15H,9H2,1-2H3. The third kappa shape index (κ3) is 2.52. The summed E-state index contributed by atoms with van der Waals surface area (Å²) >= 11 is 0. The molecule has 0 amide bonds. The molecule has 0 aliphatic rings. The van der Waals surface area contributed by atoms with Gasteiger partial charge in [0.05, 0.1) is 12.4 Å². The quantitative estimate of drug-likeness (QED) is 0.854. The summed E-state index contributed by atoms with van der Waals surface area (Å²) in [5.74, 6) is 0.812. The molecule has 1 unspecified atom stereocenters. The maximum absolute atomic E-state index is 10.1. The van der Waals surface area contributed by atoms with Crippen molar-refractivity contribution in [3.05, 3.63) is 59.0 Å². The van der Waals surface area contributed by atoms with Crippen LogP contribution in [0, 0.1) is 13.8 Å². The largest absolute Gasteiger partial charge is 0.469 e. The summed E-state index contributed by atoms with van der Waals surface area (Å²) in [5, 5.41) is 10.1. The molecule has 1 atom stereocenters. The number of aliphatic hydroxyl groups excluding tert-OH is 1. The molecule has 1 heterocycles. The Hall–Kier alpha value is -1.54. The van der Waals surface area contributed by atoms with Crippen LogP contribution in [0.25, 0.3) is 0 Å². The van der Waals surface area contributed by atoms with Crippen LogP contribution in [0.4, 0.5) is 0 Å². The zero-order valence-corrected chi connectivity index (χ0v) is 9.60. The van der Waals surface area contributed by atoms with E-state index in [0.717, 1.165) is 11.3 Å². The highest BCUT2D eigenvalue weighted by Gasteiger charge is 2.10. The van der Waals surface area contributed by atoms with E-state index in [1.165, 1.54) is 11.1 Å². The molecule has 0 fully saturated rings. The van der Waals surface area contributed by atoms with Crippen molar-refractivity contribution in [2.24, 2.45) is 0 Å². The molecule has 0 aliphatic heterocycles. The minimum atomic E-state index is -0.496. The van der Waals surface area contributed by atoms with Crippen LogP contribution in [0.15, 0.2) is 41.0 Å². The molecule has 2 heteroatoms. The van der Waals surface area contributed by atoms with Gasteiger partial charge in [0.25, 0.3) is 0 Å². The third-order valence-electron chi connectivity index (χ3n) is 2.60. The van der Waals surface area contributed by atoms with Gasteiger partial charge < -0.3 is 9.52 Å². The van der Waals surface area contributed by atoms with Gasteiger partial charge in [-0.25, -0.2) is 0 Å². The smallest absolute Gasteiger partial charge is 0.106 e. The summed E-state index contributed by atoms with van der Waals surface area (Å²) in [6.45, 7) is 4.08. The van der Waals surface area contributed by atoms with Crippen molar-refractivity contribution < 1.29 is 9.52 Å². The Kier molecular flexibility index (Phi) is 3.11. The minimum absolute atomic E-state index is 0.496. The van der Waals surface area contributed by atoms with Crippen LogP contribution in [-0.4, -0.2) is 5.11 Å². The fourth-order valence-electron chi connectivity index (χ4n) is 1.94. The van der Waals surface area contributed by atoms with E-state index in [0.29, 0.717) is 6.42 Å². The Bertz CT molecular complexity index is 437. The van der Waals surface area contributed by atoms with Crippen molar-refractivity contribution >= 4 is 0 Å². The highest BCUT2D eigenvalue weighted by Crippen LogP contribution is 2.20. The number of benzene rings is 1. The van der Waals surface area contributed by atoms with Gasteiger partial charge in [-0.05, 0) is 31.5 Å². The lowest BCUT2D eigenvalue weighted by atomic mass is 10.0. The normalized spacial score (nSPS) is 12.7. The molecule has 1 N–H and O–H groups in total. The molecule has 0 aliphatic carbocycles. The van der Waals surface area contributed by atoms with E-state index in [2.05, 4.69) is 6.07 Å². The molecule has 0 bridgehead atoms. The SMILES string of the molecule is Cc1cc(C)cc(C(O)Cc2ccco2)c1. The van der Waals surface area contributed by atoms with Crippen LogP contribution in [0.1, 0.15) is 28.6 Å². The van der Waals surface area contributed by atoms with Crippen molar-refractivity contribution in [3.63, 3.8) is 0 Å². The molecule has 0 radical (unpaired) electrons. The van der Waals surface area contributed by atoms with E-state index >= 15 is 0 Å². The molecule has 0 spiro atoms. The van der Waals surface area contributed by atoms with Crippen LogP contribution in [0.5, 0.6) is 0 Å². The van der Waals surface area contributed by atoms with Crippen molar-refractivity contribution in [3.8, 4) is 0 Å². The number of hydrogen-bond donors (Lipinski definition) is 1. The molecular formula is C14H16O2. The van der Waals surface area contributed by atoms with Gasteiger partial charge in [-0.1, -0.05) is 29.3 Å². The van der Waals surface area contributed by atoms with Crippen LogP contribution in [0.2, 0.25) is 0 Å². The Balaban J connectivity index is 2.17. The zero-order valence-electron chi connectivity index (χ0n) is 9.60. The second-order valence-corrected chi connectivity index (χ2v) is 4.22. The highest BCUT2D eigenvalue weighted by atomic mass is 16.3. The van der Waals surface area contributed by atoms with Crippen molar-refractivity contribution in [1.29, 1.82) is 0 Å². The van der Waals surface area contributed by atoms with Gasteiger partial charge in [0.1, 0.15) is 5.76 Å². The van der Waals surface area contributed by atoms with Crippen LogP contribution in [0.3, 0.4) is 0 Å². The maximum atomic E-state index is 10.1. The summed E-state index contributed by atoms with van der Waals surface area (Å²) in [5.41, 5.74) is 3.30. The molecule has 2 rings (SSSR count). The summed E-state index contributed by atoms with van der Waals surface area (Å²) in [6, 6.07) is 9.85. The topological polar surface area (TPSA) is 33.4 Å². The predicted molar refractivity (Wildman–Crippen MR) is 63.3 cm³/mol. The van der Waals surface area contributed by atoms with Gasteiger partial charge in [-0.2, -0.15) is 0 Å². The number of hydrogen-bond acceptors (Lipinski definition) is 2. The molecule has 16 heavy (non-hydrogen) atoms. The Morgan fingerprint density at radius 3 is 2.44 bits per heavy atom. The van der Waals surface area contributed by atoms with Crippen LogP contribution < -0.4 is 0 Å². The van der Waals surface area contributed by atoms with E-state index in [4.69, 9.17) is 4.42 Å². The Morgan fingerprint density at radius 2 is 1.88 bits per heavy atom. The molecule has 2 nitrogen and oxygen atoms in total. The first kappa shape index (κ1) is 11.0. The average molecular weight is 216 g/mol. The average Bonchev–Trinajstić information content (AvgIpc) is 2.68. The van der Waals surface area contributed by atoms with Gasteiger partial charge in [0.2, 0.25) is 0 Å². The first-order valence-corrected chi connectivity index (χ1v) is 5.44. The molecule has 1 aromatic heterocycles. The van der Waals surface area contributed by atoms with Crippen molar-refractivity contribution in [2.75, 3.05) is 0 Å². The third-order valence-corrected chi connectivity index (χ3v) is 2.60. The molecule has 2 aromatic rings. The van der Waals surface area contributed by atoms with Crippen molar-refractivity contribution in [2.45, 2.75) is 26.4 Å². The zero-order chi connectivity index (χ0) is 11.5. The summed E-state index contributed by atoms with van der Waals surface area (Å²) in [4.78, 5) is 0. The Morgan fingerprint density at radius 1 is 1.19 bits per heavy atom. The van der Waals surface area contributed by atoms with E-state index < -0.39 is 6.10 Å². The van der Waals surface area contributed by atoms with Gasteiger partial charge in [-0.3, -0.25) is 0 Å². The number of aryl methyl sites for hydroxylation is 2. The van der Waals surface area contributed by atoms with Gasteiger partial charge in [0.15, 0.2) is 0 Å². The monoisotopic (exact) mass is 216 g/mol. The molecule has 1 aromatic carbocycles. The maximum Gasteiger partial charge on any atom is 0.106 e. The Labute approximate surface area is 95.5 Å². The highest BCUT2D eigenvalue weighted by molar-refractivity contribution is 5.30. The fraction of sp³-hybridized carbons (Fsp3) is 0.286. The second-order valence-electron chi connectivity index (χ2n) is 4.22. The molecule has 84 valence electrons. The summed E-state index contributed by atoms with van der Waals surface area (Å²) in [6.07, 6.45) is 1.66. The number of furan rings is 1. The molecule has 0 saturated heterocycles. The first-order valence-electron chi connectivity index (χ1n) is 5.44. The minimum Gasteiger partial charge on any atom is -0.469 e. The summed E-state index contributed by atoms with van der Waals surface area (Å²) in [7, 11) is 0. The second kappa shape index (κ2) is 4.54. The van der Waals surface area contributed by atoms with E-state index in [9.17, 15) is 5.11 Å². The van der Waals surface area contributed by atoms with Crippen molar-refractivity contribution in [1.82, 2.24) is 0 Å².